The molecule has 0 spiro atoms. The van der Waals surface area contributed by atoms with Crippen molar-refractivity contribution in [1.82, 2.24) is 4.90 Å². The molecule has 0 saturated heterocycles. The van der Waals surface area contributed by atoms with Crippen LogP contribution in [0.2, 0.25) is 0 Å². The number of thioether (sulfide) groups is 1. The first kappa shape index (κ1) is 18.9. The average molecular weight is 349 g/mol. The second-order valence-electron chi connectivity index (χ2n) is 6.05. The summed E-state index contributed by atoms with van der Waals surface area (Å²) in [5.41, 5.74) is 1.37. The van der Waals surface area contributed by atoms with Gasteiger partial charge in [0.15, 0.2) is 0 Å². The van der Waals surface area contributed by atoms with E-state index in [0.717, 1.165) is 31.7 Å². The Morgan fingerprint density at radius 3 is 2.75 bits per heavy atom. The third-order valence-corrected chi connectivity index (χ3v) is 5.12. The molecule has 0 N–H and O–H groups in total. The van der Waals surface area contributed by atoms with Crippen molar-refractivity contribution in [3.8, 4) is 5.75 Å². The quantitative estimate of drug-likeness (QED) is 0.477. The van der Waals surface area contributed by atoms with Gasteiger partial charge in [0.2, 0.25) is 0 Å². The lowest BCUT2D eigenvalue weighted by molar-refractivity contribution is -0.140. The van der Waals surface area contributed by atoms with E-state index in [1.54, 1.807) is 0 Å². The van der Waals surface area contributed by atoms with Crippen LogP contribution in [0.25, 0.3) is 0 Å². The molecule has 0 saturated carbocycles. The number of carbonyl (C=O) groups excluding carboxylic acids is 1. The zero-order chi connectivity index (χ0) is 17.2. The molecule has 5 heteroatoms. The molecule has 1 heterocycles. The van der Waals surface area contributed by atoms with Gasteiger partial charge >= 0.3 is 5.97 Å². The van der Waals surface area contributed by atoms with E-state index in [0.29, 0.717) is 18.3 Å². The average Bonchev–Trinajstić information content (AvgIpc) is 3.11. The highest BCUT2D eigenvalue weighted by Crippen LogP contribution is 2.27. The van der Waals surface area contributed by atoms with E-state index < -0.39 is 0 Å². The lowest BCUT2D eigenvalue weighted by Crippen LogP contribution is -2.24. The summed E-state index contributed by atoms with van der Waals surface area (Å²) in [4.78, 5) is 13.2. The molecule has 0 amide bonds. The molecule has 0 fully saturated rings. The molecule has 24 heavy (non-hydrogen) atoms. The van der Waals surface area contributed by atoms with Crippen LogP contribution in [-0.2, 0) is 16.0 Å². The first-order valence-corrected chi connectivity index (χ1v) is 9.39. The summed E-state index contributed by atoms with van der Waals surface area (Å²) in [6, 6.07) is 8.44. The Morgan fingerprint density at radius 1 is 1.29 bits per heavy atom. The van der Waals surface area contributed by atoms with E-state index in [2.05, 4.69) is 45.4 Å². The minimum absolute atomic E-state index is 0.162. The van der Waals surface area contributed by atoms with Crippen LogP contribution in [0, 0.1) is 0 Å². The molecule has 2 rings (SSSR count). The molecule has 0 radical (unpaired) electrons. The van der Waals surface area contributed by atoms with E-state index in [-0.39, 0.29) is 5.97 Å². The molecular weight excluding hydrogens is 322 g/mol. The number of benzene rings is 1. The van der Waals surface area contributed by atoms with E-state index in [9.17, 15) is 4.79 Å². The molecule has 1 unspecified atom stereocenters. The second kappa shape index (κ2) is 10.4. The Labute approximate surface area is 149 Å². The number of methoxy groups -OCH3 is 1. The fraction of sp³-hybridized carbons (Fsp3) is 0.526. The van der Waals surface area contributed by atoms with Gasteiger partial charge in [0.05, 0.1) is 20.1 Å². The van der Waals surface area contributed by atoms with Crippen LogP contribution < -0.4 is 4.74 Å². The number of rotatable bonds is 10. The maximum atomic E-state index is 11.1. The van der Waals surface area contributed by atoms with Gasteiger partial charge in [-0.25, -0.2) is 0 Å². The Morgan fingerprint density at radius 2 is 2.08 bits per heavy atom. The summed E-state index contributed by atoms with van der Waals surface area (Å²) in [5, 5.41) is 2.89. The zero-order valence-corrected chi connectivity index (χ0v) is 15.4. The standard InChI is InChI=1S/C19H27NO3S/c1-20(12-10-19(21)22-2)11-4-13-23-17-8-6-16(7-9-17)15-18-5-3-14-24-18/h3,6-9,14,18H,4-5,10-13,15H2,1-2H3. The fourth-order valence-electron chi connectivity index (χ4n) is 2.57. The Kier molecular flexibility index (Phi) is 8.19. The molecule has 1 aromatic rings. The van der Waals surface area contributed by atoms with E-state index in [1.165, 1.54) is 19.1 Å². The third-order valence-electron chi connectivity index (χ3n) is 4.03. The van der Waals surface area contributed by atoms with Crippen LogP contribution in [0.15, 0.2) is 35.7 Å². The SMILES string of the molecule is COC(=O)CCN(C)CCCOc1ccc(CC2CC=CS2)cc1. The second-order valence-corrected chi connectivity index (χ2v) is 7.26. The smallest absolute Gasteiger partial charge is 0.306 e. The lowest BCUT2D eigenvalue weighted by Gasteiger charge is -2.16. The van der Waals surface area contributed by atoms with Crippen LogP contribution in [0.5, 0.6) is 5.75 Å². The molecule has 4 nitrogen and oxygen atoms in total. The predicted octanol–water partition coefficient (Wildman–Crippen LogP) is 3.51. The van der Waals surface area contributed by atoms with Crippen molar-refractivity contribution >= 4 is 17.7 Å². The number of ether oxygens (including phenoxy) is 2. The highest BCUT2D eigenvalue weighted by molar-refractivity contribution is 8.03. The van der Waals surface area contributed by atoms with Crippen LogP contribution in [-0.4, -0.2) is 50.0 Å². The molecule has 0 aliphatic carbocycles. The van der Waals surface area contributed by atoms with Gasteiger partial charge < -0.3 is 14.4 Å². The minimum Gasteiger partial charge on any atom is -0.494 e. The van der Waals surface area contributed by atoms with Gasteiger partial charge in [-0.1, -0.05) is 18.2 Å². The van der Waals surface area contributed by atoms with Crippen molar-refractivity contribution in [3.63, 3.8) is 0 Å². The number of carbonyl (C=O) groups is 1. The largest absolute Gasteiger partial charge is 0.494 e. The molecule has 1 aliphatic heterocycles. The van der Waals surface area contributed by atoms with Crippen molar-refractivity contribution < 1.29 is 14.3 Å². The van der Waals surface area contributed by atoms with Crippen molar-refractivity contribution in [3.05, 3.63) is 41.3 Å². The Hall–Kier alpha value is -1.46. The first-order valence-electron chi connectivity index (χ1n) is 8.45. The highest BCUT2D eigenvalue weighted by atomic mass is 32.2. The van der Waals surface area contributed by atoms with Gasteiger partial charge in [0.25, 0.3) is 0 Å². The van der Waals surface area contributed by atoms with Crippen molar-refractivity contribution in [2.24, 2.45) is 0 Å². The molecule has 0 bridgehead atoms. The van der Waals surface area contributed by atoms with Gasteiger partial charge in [0.1, 0.15) is 5.75 Å². The molecule has 1 aromatic carbocycles. The predicted molar refractivity (Wildman–Crippen MR) is 99.5 cm³/mol. The van der Waals surface area contributed by atoms with Crippen LogP contribution in [0.1, 0.15) is 24.8 Å². The summed E-state index contributed by atoms with van der Waals surface area (Å²) in [6.07, 6.45) is 5.90. The zero-order valence-electron chi connectivity index (χ0n) is 14.6. The van der Waals surface area contributed by atoms with E-state index in [4.69, 9.17) is 4.74 Å². The van der Waals surface area contributed by atoms with Gasteiger partial charge in [-0.2, -0.15) is 0 Å². The Balaban J connectivity index is 1.59. The molecule has 132 valence electrons. The third kappa shape index (κ3) is 6.97. The summed E-state index contributed by atoms with van der Waals surface area (Å²) < 4.78 is 10.4. The van der Waals surface area contributed by atoms with E-state index >= 15 is 0 Å². The van der Waals surface area contributed by atoms with E-state index in [1.807, 2.05) is 18.8 Å². The highest BCUT2D eigenvalue weighted by Gasteiger charge is 2.11. The number of allylic oxidation sites excluding steroid dienone is 1. The van der Waals surface area contributed by atoms with Gasteiger partial charge in [0, 0.05) is 18.3 Å². The summed E-state index contributed by atoms with van der Waals surface area (Å²) in [7, 11) is 3.43. The summed E-state index contributed by atoms with van der Waals surface area (Å²) in [5.74, 6) is 0.762. The minimum atomic E-state index is -0.162. The number of hydrogen-bond donors (Lipinski definition) is 0. The van der Waals surface area contributed by atoms with Crippen molar-refractivity contribution in [1.29, 1.82) is 0 Å². The number of nitrogens with zero attached hydrogens (tertiary/aromatic N) is 1. The monoisotopic (exact) mass is 349 g/mol. The number of hydrogen-bond acceptors (Lipinski definition) is 5. The maximum Gasteiger partial charge on any atom is 0.306 e. The maximum absolute atomic E-state index is 11.1. The van der Waals surface area contributed by atoms with Gasteiger partial charge in [-0.3, -0.25) is 4.79 Å². The van der Waals surface area contributed by atoms with Gasteiger partial charge in [-0.05, 0) is 49.4 Å². The van der Waals surface area contributed by atoms with Crippen LogP contribution >= 0.6 is 11.8 Å². The Bertz CT molecular complexity index is 522. The summed E-state index contributed by atoms with van der Waals surface area (Å²) >= 11 is 1.92. The summed E-state index contributed by atoms with van der Waals surface area (Å²) in [6.45, 7) is 2.31. The topological polar surface area (TPSA) is 38.8 Å². The normalized spacial score (nSPS) is 16.5. The molecule has 0 aromatic heterocycles. The molecular formula is C19H27NO3S. The van der Waals surface area contributed by atoms with Crippen LogP contribution in [0.3, 0.4) is 0 Å². The fourth-order valence-corrected chi connectivity index (χ4v) is 3.52. The number of esters is 1. The van der Waals surface area contributed by atoms with Crippen molar-refractivity contribution in [2.45, 2.75) is 30.9 Å². The first-order chi connectivity index (χ1) is 11.7. The van der Waals surface area contributed by atoms with Crippen LogP contribution in [0.4, 0.5) is 0 Å². The lowest BCUT2D eigenvalue weighted by atomic mass is 10.1. The van der Waals surface area contributed by atoms with Crippen molar-refractivity contribution in [2.75, 3.05) is 33.9 Å². The molecule has 1 atom stereocenters. The molecule has 1 aliphatic rings. The van der Waals surface area contributed by atoms with Gasteiger partial charge in [-0.15, -0.1) is 11.8 Å².